The summed E-state index contributed by atoms with van der Waals surface area (Å²) in [6.45, 7) is 2.17. The molecule has 72 valence electrons. The van der Waals surface area contributed by atoms with Gasteiger partial charge in [-0.3, -0.25) is 4.79 Å². The van der Waals surface area contributed by atoms with Gasteiger partial charge in [-0.15, -0.1) is 5.10 Å². The molecule has 2 unspecified atom stereocenters. The minimum atomic E-state index is 0.607. The van der Waals surface area contributed by atoms with Gasteiger partial charge >= 0.3 is 0 Å². The molecule has 14 heavy (non-hydrogen) atoms. The fourth-order valence-electron chi connectivity index (χ4n) is 2.17. The zero-order valence-corrected chi connectivity index (χ0v) is 7.76. The summed E-state index contributed by atoms with van der Waals surface area (Å²) in [5, 5.41) is 7.86. The van der Waals surface area contributed by atoms with Gasteiger partial charge in [-0.2, -0.15) is 5.10 Å². The van der Waals surface area contributed by atoms with E-state index in [1.165, 1.54) is 12.6 Å². The van der Waals surface area contributed by atoms with E-state index in [1.807, 2.05) is 6.07 Å². The minimum Gasteiger partial charge on any atom is -0.355 e. The van der Waals surface area contributed by atoms with E-state index in [-0.39, 0.29) is 0 Å². The Bertz CT molecular complexity index is 369. The lowest BCUT2D eigenvalue weighted by Crippen LogP contribution is -2.23. The van der Waals surface area contributed by atoms with Crippen molar-refractivity contribution in [3.63, 3.8) is 0 Å². The van der Waals surface area contributed by atoms with Gasteiger partial charge in [0.2, 0.25) is 0 Å². The van der Waals surface area contributed by atoms with Crippen molar-refractivity contribution in [3.8, 4) is 0 Å². The Morgan fingerprint density at radius 2 is 2.21 bits per heavy atom. The lowest BCUT2D eigenvalue weighted by molar-refractivity contribution is 0.112. The second-order valence-electron chi connectivity index (χ2n) is 4.13. The summed E-state index contributed by atoms with van der Waals surface area (Å²) in [5.74, 6) is 2.59. The monoisotopic (exact) mass is 189 g/mol. The number of rotatable bonds is 2. The van der Waals surface area contributed by atoms with E-state index in [9.17, 15) is 4.79 Å². The van der Waals surface area contributed by atoms with Crippen LogP contribution >= 0.6 is 0 Å². The van der Waals surface area contributed by atoms with Crippen molar-refractivity contribution in [3.05, 3.63) is 17.8 Å². The Kier molecular flexibility index (Phi) is 1.56. The zero-order valence-electron chi connectivity index (χ0n) is 7.76. The van der Waals surface area contributed by atoms with E-state index >= 15 is 0 Å². The second kappa shape index (κ2) is 2.77. The molecule has 1 aliphatic heterocycles. The molecule has 2 atom stereocenters. The molecule has 0 bridgehead atoms. The topological polar surface area (TPSA) is 46.1 Å². The van der Waals surface area contributed by atoms with Crippen LogP contribution in [-0.2, 0) is 0 Å². The standard InChI is InChI=1S/C10H11N3O/c14-6-7-1-10(12-11-3-7)13-4-8-2-9(8)5-13/h1,3,6,8-9H,2,4-5H2. The van der Waals surface area contributed by atoms with Crippen LogP contribution in [0.15, 0.2) is 12.3 Å². The Hall–Kier alpha value is -1.45. The van der Waals surface area contributed by atoms with Crippen LogP contribution in [0.1, 0.15) is 16.8 Å². The molecule has 1 aromatic rings. The predicted octanol–water partition coefficient (Wildman–Crippen LogP) is 0.745. The van der Waals surface area contributed by atoms with Crippen LogP contribution in [-0.4, -0.2) is 29.6 Å². The molecule has 0 amide bonds. The van der Waals surface area contributed by atoms with E-state index in [1.54, 1.807) is 0 Å². The molecule has 2 aliphatic rings. The molecule has 0 spiro atoms. The van der Waals surface area contributed by atoms with Crippen LogP contribution in [0.25, 0.3) is 0 Å². The average Bonchev–Trinajstić information content (AvgIpc) is 2.86. The molecule has 1 aromatic heterocycles. The summed E-state index contributed by atoms with van der Waals surface area (Å²) >= 11 is 0. The largest absolute Gasteiger partial charge is 0.355 e. The maximum Gasteiger partial charge on any atom is 0.151 e. The number of carbonyl (C=O) groups is 1. The molecule has 3 rings (SSSR count). The first kappa shape index (κ1) is 7.91. The normalized spacial score (nSPS) is 28.7. The van der Waals surface area contributed by atoms with Crippen LogP contribution in [0.4, 0.5) is 5.82 Å². The smallest absolute Gasteiger partial charge is 0.151 e. The van der Waals surface area contributed by atoms with Gasteiger partial charge in [0.1, 0.15) is 0 Å². The van der Waals surface area contributed by atoms with Crippen molar-refractivity contribution in [2.24, 2.45) is 11.8 Å². The molecular formula is C10H11N3O. The highest BCUT2D eigenvalue weighted by Gasteiger charge is 2.45. The Balaban J connectivity index is 1.85. The molecule has 4 heteroatoms. The summed E-state index contributed by atoms with van der Waals surface area (Å²) in [4.78, 5) is 12.8. The van der Waals surface area contributed by atoms with Crippen molar-refractivity contribution < 1.29 is 4.79 Å². The summed E-state index contributed by atoms with van der Waals surface area (Å²) in [7, 11) is 0. The van der Waals surface area contributed by atoms with Gasteiger partial charge < -0.3 is 4.90 Å². The third-order valence-corrected chi connectivity index (χ3v) is 3.10. The Morgan fingerprint density at radius 1 is 1.43 bits per heavy atom. The van der Waals surface area contributed by atoms with Crippen LogP contribution < -0.4 is 4.90 Å². The Labute approximate surface area is 81.9 Å². The number of carbonyl (C=O) groups excluding carboxylic acids is 1. The van der Waals surface area contributed by atoms with Crippen LogP contribution in [0.3, 0.4) is 0 Å². The maximum atomic E-state index is 10.6. The Morgan fingerprint density at radius 3 is 2.93 bits per heavy atom. The van der Waals surface area contributed by atoms with Gasteiger partial charge in [0.05, 0.1) is 6.20 Å². The maximum absolute atomic E-state index is 10.6. The molecular weight excluding hydrogens is 178 g/mol. The van der Waals surface area contributed by atoms with E-state index in [2.05, 4.69) is 15.1 Å². The van der Waals surface area contributed by atoms with Gasteiger partial charge in [-0.1, -0.05) is 0 Å². The van der Waals surface area contributed by atoms with Crippen molar-refractivity contribution >= 4 is 12.1 Å². The van der Waals surface area contributed by atoms with E-state index in [0.29, 0.717) is 5.56 Å². The molecule has 4 nitrogen and oxygen atoms in total. The van der Waals surface area contributed by atoms with Crippen LogP contribution in [0.2, 0.25) is 0 Å². The molecule has 1 aliphatic carbocycles. The highest BCUT2D eigenvalue weighted by atomic mass is 16.1. The van der Waals surface area contributed by atoms with Crippen LogP contribution in [0.5, 0.6) is 0 Å². The van der Waals surface area contributed by atoms with Crippen molar-refractivity contribution in [1.29, 1.82) is 0 Å². The van der Waals surface area contributed by atoms with Gasteiger partial charge in [0, 0.05) is 18.7 Å². The third kappa shape index (κ3) is 1.18. The summed E-state index contributed by atoms with van der Waals surface area (Å²) in [6, 6.07) is 1.81. The molecule has 2 heterocycles. The number of piperidine rings is 1. The first-order valence-corrected chi connectivity index (χ1v) is 4.89. The summed E-state index contributed by atoms with van der Waals surface area (Å²) in [5.41, 5.74) is 0.607. The van der Waals surface area contributed by atoms with Crippen molar-refractivity contribution in [2.75, 3.05) is 18.0 Å². The first-order valence-electron chi connectivity index (χ1n) is 4.89. The highest BCUT2D eigenvalue weighted by molar-refractivity contribution is 5.75. The number of fused-ring (bicyclic) bond motifs is 1. The van der Waals surface area contributed by atoms with E-state index in [0.717, 1.165) is 37.0 Å². The minimum absolute atomic E-state index is 0.607. The summed E-state index contributed by atoms with van der Waals surface area (Å²) < 4.78 is 0. The highest BCUT2D eigenvalue weighted by Crippen LogP contribution is 2.45. The number of hydrogen-bond acceptors (Lipinski definition) is 4. The lowest BCUT2D eigenvalue weighted by Gasteiger charge is -2.17. The number of anilines is 1. The fourth-order valence-corrected chi connectivity index (χ4v) is 2.17. The number of hydrogen-bond donors (Lipinski definition) is 0. The van der Waals surface area contributed by atoms with E-state index < -0.39 is 0 Å². The summed E-state index contributed by atoms with van der Waals surface area (Å²) in [6.07, 6.45) is 3.68. The molecule has 0 aromatic carbocycles. The quantitative estimate of drug-likeness (QED) is 0.644. The van der Waals surface area contributed by atoms with Crippen LogP contribution in [0, 0.1) is 11.8 Å². The number of aldehydes is 1. The molecule has 0 radical (unpaired) electrons. The molecule has 1 saturated carbocycles. The number of aromatic nitrogens is 2. The van der Waals surface area contributed by atoms with Gasteiger partial charge in [-0.05, 0) is 24.3 Å². The van der Waals surface area contributed by atoms with Gasteiger partial charge in [-0.25, -0.2) is 0 Å². The van der Waals surface area contributed by atoms with Gasteiger partial charge in [0.15, 0.2) is 12.1 Å². The molecule has 2 fully saturated rings. The van der Waals surface area contributed by atoms with E-state index in [4.69, 9.17) is 0 Å². The second-order valence-corrected chi connectivity index (χ2v) is 4.13. The first-order chi connectivity index (χ1) is 6.86. The fraction of sp³-hybridized carbons (Fsp3) is 0.500. The van der Waals surface area contributed by atoms with Crippen molar-refractivity contribution in [1.82, 2.24) is 10.2 Å². The average molecular weight is 189 g/mol. The van der Waals surface area contributed by atoms with Gasteiger partial charge in [0.25, 0.3) is 0 Å². The zero-order chi connectivity index (χ0) is 9.54. The molecule has 0 N–H and O–H groups in total. The third-order valence-electron chi connectivity index (χ3n) is 3.10. The van der Waals surface area contributed by atoms with Crippen molar-refractivity contribution in [2.45, 2.75) is 6.42 Å². The SMILES string of the molecule is O=Cc1cnnc(N2CC3CC3C2)c1. The molecule has 1 saturated heterocycles. The number of nitrogens with zero attached hydrogens (tertiary/aromatic N) is 3. The predicted molar refractivity (Wildman–Crippen MR) is 51.2 cm³/mol. The lowest BCUT2D eigenvalue weighted by atomic mass is 10.3.